The van der Waals surface area contributed by atoms with Gasteiger partial charge in [-0.2, -0.15) is 0 Å². The number of halogens is 1. The molecular formula is C23H34ClNO2. The Bertz CT molecular complexity index is 670. The van der Waals surface area contributed by atoms with Crippen LogP contribution in [0.2, 0.25) is 5.02 Å². The van der Waals surface area contributed by atoms with Crippen LogP contribution < -0.4 is 4.90 Å². The molecular weight excluding hydrogens is 358 g/mol. The van der Waals surface area contributed by atoms with Gasteiger partial charge in [0, 0.05) is 16.4 Å². The summed E-state index contributed by atoms with van der Waals surface area (Å²) in [6.45, 7) is 15.1. The van der Waals surface area contributed by atoms with Crippen molar-refractivity contribution in [2.45, 2.75) is 66.4 Å². The SMILES string of the molecule is C=C(CC)N(CC(=O)O[C@@H]1C[C@H](C)CC[C@H]1C(C)C)c1ccc(Cl)cc1C. The minimum absolute atomic E-state index is 0.0179. The molecule has 0 radical (unpaired) electrons. The van der Waals surface area contributed by atoms with Crippen LogP contribution in [-0.4, -0.2) is 18.6 Å². The molecule has 0 heterocycles. The van der Waals surface area contributed by atoms with E-state index in [1.807, 2.05) is 36.9 Å². The van der Waals surface area contributed by atoms with Crippen LogP contribution in [0.4, 0.5) is 5.69 Å². The highest BCUT2D eigenvalue weighted by atomic mass is 35.5. The third-order valence-corrected chi connectivity index (χ3v) is 6.01. The number of esters is 1. The Labute approximate surface area is 169 Å². The van der Waals surface area contributed by atoms with E-state index in [0.717, 1.165) is 36.2 Å². The lowest BCUT2D eigenvalue weighted by Crippen LogP contribution is -2.39. The van der Waals surface area contributed by atoms with Crippen molar-refractivity contribution in [1.29, 1.82) is 0 Å². The van der Waals surface area contributed by atoms with Crippen LogP contribution >= 0.6 is 11.6 Å². The number of allylic oxidation sites excluding steroid dienone is 1. The average molecular weight is 392 g/mol. The maximum Gasteiger partial charge on any atom is 0.326 e. The predicted octanol–water partition coefficient (Wildman–Crippen LogP) is 6.38. The molecule has 0 spiro atoms. The molecule has 1 aliphatic carbocycles. The summed E-state index contributed by atoms with van der Waals surface area (Å²) in [5, 5.41) is 0.692. The fraction of sp³-hybridized carbons (Fsp3) is 0.609. The smallest absolute Gasteiger partial charge is 0.326 e. The molecule has 1 aromatic rings. The van der Waals surface area contributed by atoms with Crippen molar-refractivity contribution in [3.63, 3.8) is 0 Å². The monoisotopic (exact) mass is 391 g/mol. The van der Waals surface area contributed by atoms with Crippen molar-refractivity contribution in [1.82, 2.24) is 0 Å². The summed E-state index contributed by atoms with van der Waals surface area (Å²) in [6, 6.07) is 5.71. The molecule has 1 saturated carbocycles. The van der Waals surface area contributed by atoms with E-state index < -0.39 is 0 Å². The van der Waals surface area contributed by atoms with Gasteiger partial charge in [-0.15, -0.1) is 0 Å². The molecule has 2 rings (SSSR count). The number of nitrogens with zero attached hydrogens (tertiary/aromatic N) is 1. The molecule has 0 aromatic heterocycles. The number of rotatable bonds is 7. The van der Waals surface area contributed by atoms with Gasteiger partial charge < -0.3 is 9.64 Å². The van der Waals surface area contributed by atoms with Crippen LogP contribution in [0.25, 0.3) is 0 Å². The standard InChI is InChI=1S/C23H34ClNO2/c1-7-18(6)25(21-11-9-19(24)13-17(21)5)14-23(26)27-22-12-16(4)8-10-20(22)15(2)3/h9,11,13,15-16,20,22H,6-8,10,12,14H2,1-5H3/t16-,20+,22-/m1/s1. The maximum absolute atomic E-state index is 12.8. The Morgan fingerprint density at radius 3 is 2.67 bits per heavy atom. The topological polar surface area (TPSA) is 29.5 Å². The highest BCUT2D eigenvalue weighted by molar-refractivity contribution is 6.30. The average Bonchev–Trinajstić information content (AvgIpc) is 2.59. The van der Waals surface area contributed by atoms with E-state index in [2.05, 4.69) is 27.4 Å². The number of carbonyl (C=O) groups is 1. The predicted molar refractivity (Wildman–Crippen MR) is 114 cm³/mol. The number of hydrogen-bond donors (Lipinski definition) is 0. The molecule has 3 atom stereocenters. The van der Waals surface area contributed by atoms with Crippen molar-refractivity contribution >= 4 is 23.3 Å². The molecule has 0 bridgehead atoms. The Hall–Kier alpha value is -1.48. The van der Waals surface area contributed by atoms with Gasteiger partial charge in [0.05, 0.1) is 0 Å². The van der Waals surface area contributed by atoms with Crippen LogP contribution in [0.5, 0.6) is 0 Å². The summed E-state index contributed by atoms with van der Waals surface area (Å²) < 4.78 is 6.00. The summed E-state index contributed by atoms with van der Waals surface area (Å²) in [5.74, 6) is 1.41. The van der Waals surface area contributed by atoms with Crippen molar-refractivity contribution in [3.05, 3.63) is 41.1 Å². The van der Waals surface area contributed by atoms with Crippen LogP contribution in [-0.2, 0) is 9.53 Å². The molecule has 150 valence electrons. The van der Waals surface area contributed by atoms with Gasteiger partial charge >= 0.3 is 5.97 Å². The Morgan fingerprint density at radius 1 is 1.37 bits per heavy atom. The van der Waals surface area contributed by atoms with Gasteiger partial charge in [0.2, 0.25) is 0 Å². The highest BCUT2D eigenvalue weighted by Gasteiger charge is 2.33. The molecule has 1 aliphatic rings. The Kier molecular flexibility index (Phi) is 7.79. The van der Waals surface area contributed by atoms with E-state index in [9.17, 15) is 4.79 Å². The maximum atomic E-state index is 12.8. The first-order chi connectivity index (χ1) is 12.7. The first-order valence-corrected chi connectivity index (χ1v) is 10.5. The lowest BCUT2D eigenvalue weighted by molar-refractivity contribution is -0.154. The Morgan fingerprint density at radius 2 is 2.07 bits per heavy atom. The van der Waals surface area contributed by atoms with Gasteiger partial charge in [-0.05, 0) is 67.7 Å². The van der Waals surface area contributed by atoms with Gasteiger partial charge in [0.25, 0.3) is 0 Å². The molecule has 1 aromatic carbocycles. The van der Waals surface area contributed by atoms with Crippen LogP contribution in [0.15, 0.2) is 30.5 Å². The molecule has 1 fully saturated rings. The fourth-order valence-corrected chi connectivity index (χ4v) is 4.29. The van der Waals surface area contributed by atoms with E-state index in [1.54, 1.807) is 0 Å². The third-order valence-electron chi connectivity index (χ3n) is 5.77. The van der Waals surface area contributed by atoms with E-state index in [0.29, 0.717) is 22.8 Å². The molecule has 0 amide bonds. The van der Waals surface area contributed by atoms with Crippen LogP contribution in [0.3, 0.4) is 0 Å². The van der Waals surface area contributed by atoms with E-state index in [4.69, 9.17) is 16.3 Å². The van der Waals surface area contributed by atoms with Gasteiger partial charge in [0.1, 0.15) is 12.6 Å². The molecule has 0 saturated heterocycles. The van der Waals surface area contributed by atoms with Crippen molar-refractivity contribution in [3.8, 4) is 0 Å². The zero-order chi connectivity index (χ0) is 20.1. The zero-order valence-electron chi connectivity index (χ0n) is 17.4. The number of benzene rings is 1. The minimum atomic E-state index is -0.177. The van der Waals surface area contributed by atoms with Crippen molar-refractivity contribution in [2.24, 2.45) is 17.8 Å². The number of anilines is 1. The lowest BCUT2D eigenvalue weighted by Gasteiger charge is -2.37. The first-order valence-electron chi connectivity index (χ1n) is 10.1. The van der Waals surface area contributed by atoms with Crippen molar-refractivity contribution < 1.29 is 9.53 Å². The molecule has 0 aliphatic heterocycles. The largest absolute Gasteiger partial charge is 0.461 e. The van der Waals surface area contributed by atoms with Gasteiger partial charge in [-0.3, -0.25) is 4.79 Å². The second kappa shape index (κ2) is 9.64. The normalized spacial score (nSPS) is 22.6. The van der Waals surface area contributed by atoms with E-state index in [1.165, 1.54) is 6.42 Å². The molecule has 0 N–H and O–H groups in total. The van der Waals surface area contributed by atoms with Gasteiger partial charge in [-0.25, -0.2) is 0 Å². The molecule has 4 heteroatoms. The number of carbonyl (C=O) groups excluding carboxylic acids is 1. The van der Waals surface area contributed by atoms with Gasteiger partial charge in [0.15, 0.2) is 0 Å². The molecule has 3 nitrogen and oxygen atoms in total. The zero-order valence-corrected chi connectivity index (χ0v) is 18.2. The summed E-state index contributed by atoms with van der Waals surface area (Å²) in [5.41, 5.74) is 2.88. The minimum Gasteiger partial charge on any atom is -0.461 e. The van der Waals surface area contributed by atoms with E-state index in [-0.39, 0.29) is 18.6 Å². The first kappa shape index (κ1) is 21.8. The summed E-state index contributed by atoms with van der Waals surface area (Å²) >= 11 is 6.10. The number of aryl methyl sites for hydroxylation is 1. The van der Waals surface area contributed by atoms with Crippen molar-refractivity contribution in [2.75, 3.05) is 11.4 Å². The fourth-order valence-electron chi connectivity index (χ4n) is 4.07. The second-order valence-electron chi connectivity index (χ2n) is 8.29. The molecule has 27 heavy (non-hydrogen) atoms. The summed E-state index contributed by atoms with van der Waals surface area (Å²) in [6.07, 6.45) is 4.11. The Balaban J connectivity index is 2.14. The third kappa shape index (κ3) is 5.75. The molecule has 0 unspecified atom stereocenters. The summed E-state index contributed by atoms with van der Waals surface area (Å²) in [7, 11) is 0. The second-order valence-corrected chi connectivity index (χ2v) is 8.73. The highest BCUT2D eigenvalue weighted by Crippen LogP contribution is 2.35. The van der Waals surface area contributed by atoms with E-state index >= 15 is 0 Å². The quantitative estimate of drug-likeness (QED) is 0.505. The number of ether oxygens (including phenoxy) is 1. The summed E-state index contributed by atoms with van der Waals surface area (Å²) in [4.78, 5) is 14.8. The van der Waals surface area contributed by atoms with Gasteiger partial charge in [-0.1, -0.05) is 52.3 Å². The van der Waals surface area contributed by atoms with Crippen LogP contribution in [0, 0.1) is 24.7 Å². The van der Waals surface area contributed by atoms with Crippen LogP contribution in [0.1, 0.15) is 58.9 Å². The number of hydrogen-bond acceptors (Lipinski definition) is 3. The lowest BCUT2D eigenvalue weighted by atomic mass is 9.75.